The standard InChI is InChI=1S/C18H26N2/c1-6-14(2)13-20-16(12-19-18(3,4)5)11-15-9-7-8-10-17(15)20/h7-11,19H,2,6,12-13H2,1,3-5H3. The minimum absolute atomic E-state index is 0.128. The van der Waals surface area contributed by atoms with Crippen LogP contribution in [0.2, 0.25) is 0 Å². The van der Waals surface area contributed by atoms with E-state index < -0.39 is 0 Å². The van der Waals surface area contributed by atoms with Gasteiger partial charge in [0, 0.05) is 29.8 Å². The molecule has 0 bridgehead atoms. The van der Waals surface area contributed by atoms with Gasteiger partial charge in [-0.2, -0.15) is 0 Å². The van der Waals surface area contributed by atoms with E-state index in [-0.39, 0.29) is 5.54 Å². The first kappa shape index (κ1) is 14.9. The minimum atomic E-state index is 0.128. The number of benzene rings is 1. The lowest BCUT2D eigenvalue weighted by atomic mass is 10.1. The highest BCUT2D eigenvalue weighted by Gasteiger charge is 2.13. The highest BCUT2D eigenvalue weighted by molar-refractivity contribution is 5.81. The van der Waals surface area contributed by atoms with Crippen molar-refractivity contribution in [1.29, 1.82) is 0 Å². The summed E-state index contributed by atoms with van der Waals surface area (Å²) in [6, 6.07) is 10.9. The maximum atomic E-state index is 4.16. The van der Waals surface area contributed by atoms with E-state index in [1.165, 1.54) is 22.2 Å². The Labute approximate surface area is 122 Å². The first-order chi connectivity index (χ1) is 9.40. The van der Waals surface area contributed by atoms with Crippen LogP contribution < -0.4 is 5.32 Å². The number of hydrogen-bond acceptors (Lipinski definition) is 1. The monoisotopic (exact) mass is 270 g/mol. The van der Waals surface area contributed by atoms with Gasteiger partial charge >= 0.3 is 0 Å². The summed E-state index contributed by atoms with van der Waals surface area (Å²) in [7, 11) is 0. The lowest BCUT2D eigenvalue weighted by molar-refractivity contribution is 0.417. The minimum Gasteiger partial charge on any atom is -0.339 e. The van der Waals surface area contributed by atoms with Gasteiger partial charge in [0.1, 0.15) is 0 Å². The van der Waals surface area contributed by atoms with Crippen LogP contribution >= 0.6 is 0 Å². The summed E-state index contributed by atoms with van der Waals surface area (Å²) >= 11 is 0. The van der Waals surface area contributed by atoms with Gasteiger partial charge in [0.15, 0.2) is 0 Å². The van der Waals surface area contributed by atoms with Gasteiger partial charge in [-0.1, -0.05) is 37.3 Å². The first-order valence-corrected chi connectivity index (χ1v) is 7.39. The van der Waals surface area contributed by atoms with E-state index in [0.29, 0.717) is 0 Å². The van der Waals surface area contributed by atoms with Crippen molar-refractivity contribution in [1.82, 2.24) is 9.88 Å². The van der Waals surface area contributed by atoms with Crippen LogP contribution in [0.3, 0.4) is 0 Å². The van der Waals surface area contributed by atoms with E-state index in [0.717, 1.165) is 19.5 Å². The largest absolute Gasteiger partial charge is 0.339 e. The molecule has 1 aromatic heterocycles. The molecule has 0 amide bonds. The third-order valence-electron chi connectivity index (χ3n) is 3.58. The molecule has 0 atom stereocenters. The van der Waals surface area contributed by atoms with Crippen molar-refractivity contribution in [3.63, 3.8) is 0 Å². The number of rotatable bonds is 5. The Morgan fingerprint density at radius 2 is 1.95 bits per heavy atom. The smallest absolute Gasteiger partial charge is 0.0485 e. The van der Waals surface area contributed by atoms with Crippen LogP contribution in [0.15, 0.2) is 42.5 Å². The highest BCUT2D eigenvalue weighted by Crippen LogP contribution is 2.22. The van der Waals surface area contributed by atoms with Crippen LogP contribution in [-0.2, 0) is 13.1 Å². The van der Waals surface area contributed by atoms with Crippen LogP contribution in [0.5, 0.6) is 0 Å². The first-order valence-electron chi connectivity index (χ1n) is 7.39. The SMILES string of the molecule is C=C(CC)Cn1c(CNC(C)(C)C)cc2ccccc21. The fourth-order valence-electron chi connectivity index (χ4n) is 2.29. The lowest BCUT2D eigenvalue weighted by Crippen LogP contribution is -2.35. The van der Waals surface area contributed by atoms with Crippen molar-refractivity contribution < 1.29 is 0 Å². The van der Waals surface area contributed by atoms with E-state index in [1.54, 1.807) is 0 Å². The van der Waals surface area contributed by atoms with E-state index in [2.05, 4.69) is 74.5 Å². The van der Waals surface area contributed by atoms with Crippen molar-refractivity contribution in [3.05, 3.63) is 48.2 Å². The maximum Gasteiger partial charge on any atom is 0.0485 e. The zero-order valence-electron chi connectivity index (χ0n) is 13.2. The molecular formula is C18H26N2. The molecule has 2 aromatic rings. The second-order valence-corrected chi connectivity index (χ2v) is 6.49. The Morgan fingerprint density at radius 3 is 2.60 bits per heavy atom. The van der Waals surface area contributed by atoms with Gasteiger partial charge < -0.3 is 9.88 Å². The number of fused-ring (bicyclic) bond motifs is 1. The molecular weight excluding hydrogens is 244 g/mol. The molecule has 0 aliphatic rings. The molecule has 108 valence electrons. The van der Waals surface area contributed by atoms with Crippen LogP contribution in [0.4, 0.5) is 0 Å². The fourth-order valence-corrected chi connectivity index (χ4v) is 2.29. The van der Waals surface area contributed by atoms with Crippen molar-refractivity contribution in [2.24, 2.45) is 0 Å². The molecule has 0 saturated heterocycles. The van der Waals surface area contributed by atoms with Crippen molar-refractivity contribution >= 4 is 10.9 Å². The van der Waals surface area contributed by atoms with E-state index in [4.69, 9.17) is 0 Å². The van der Waals surface area contributed by atoms with E-state index in [9.17, 15) is 0 Å². The number of nitrogens with zero attached hydrogens (tertiary/aromatic N) is 1. The summed E-state index contributed by atoms with van der Waals surface area (Å²) in [6.07, 6.45) is 1.03. The van der Waals surface area contributed by atoms with Gasteiger partial charge in [0.2, 0.25) is 0 Å². The molecule has 1 aromatic carbocycles. The Kier molecular flexibility index (Phi) is 4.34. The molecule has 0 spiro atoms. The van der Waals surface area contributed by atoms with Gasteiger partial charge in [-0.3, -0.25) is 0 Å². The van der Waals surface area contributed by atoms with Crippen LogP contribution in [0, 0.1) is 0 Å². The average molecular weight is 270 g/mol. The number of nitrogens with one attached hydrogen (secondary N) is 1. The molecule has 20 heavy (non-hydrogen) atoms. The topological polar surface area (TPSA) is 17.0 Å². The summed E-state index contributed by atoms with van der Waals surface area (Å²) in [4.78, 5) is 0. The number of aromatic nitrogens is 1. The molecule has 1 N–H and O–H groups in total. The van der Waals surface area contributed by atoms with Gasteiger partial charge in [0.25, 0.3) is 0 Å². The lowest BCUT2D eigenvalue weighted by Gasteiger charge is -2.21. The van der Waals surface area contributed by atoms with Crippen molar-refractivity contribution in [3.8, 4) is 0 Å². The van der Waals surface area contributed by atoms with Crippen molar-refractivity contribution in [2.45, 2.75) is 52.7 Å². The Morgan fingerprint density at radius 1 is 1.25 bits per heavy atom. The van der Waals surface area contributed by atoms with Crippen molar-refractivity contribution in [2.75, 3.05) is 0 Å². The Hall–Kier alpha value is -1.54. The van der Waals surface area contributed by atoms with E-state index in [1.807, 2.05) is 0 Å². The second-order valence-electron chi connectivity index (χ2n) is 6.49. The summed E-state index contributed by atoms with van der Waals surface area (Å²) in [5, 5.41) is 4.89. The second kappa shape index (κ2) is 5.84. The molecule has 0 fully saturated rings. The molecule has 1 heterocycles. The predicted molar refractivity (Wildman–Crippen MR) is 88.0 cm³/mol. The van der Waals surface area contributed by atoms with Crippen LogP contribution in [0.1, 0.15) is 39.8 Å². The summed E-state index contributed by atoms with van der Waals surface area (Å²) in [5.74, 6) is 0. The normalized spacial score (nSPS) is 12.0. The molecule has 2 rings (SSSR count). The average Bonchev–Trinajstić information content (AvgIpc) is 2.74. The Balaban J connectivity index is 2.36. The third-order valence-corrected chi connectivity index (χ3v) is 3.58. The zero-order chi connectivity index (χ0) is 14.8. The fraction of sp³-hybridized carbons (Fsp3) is 0.444. The predicted octanol–water partition coefficient (Wildman–Crippen LogP) is 4.50. The maximum absolute atomic E-state index is 4.16. The van der Waals surface area contributed by atoms with Gasteiger partial charge in [0.05, 0.1) is 0 Å². The molecule has 2 nitrogen and oxygen atoms in total. The third kappa shape index (κ3) is 3.51. The molecule has 0 unspecified atom stereocenters. The number of hydrogen-bond donors (Lipinski definition) is 1. The van der Waals surface area contributed by atoms with Gasteiger partial charge in [-0.15, -0.1) is 0 Å². The van der Waals surface area contributed by atoms with Gasteiger partial charge in [-0.25, -0.2) is 0 Å². The number of para-hydroxylation sites is 1. The highest BCUT2D eigenvalue weighted by atomic mass is 15.0. The summed E-state index contributed by atoms with van der Waals surface area (Å²) in [6.45, 7) is 14.7. The van der Waals surface area contributed by atoms with Gasteiger partial charge in [-0.05, 0) is 44.7 Å². The molecule has 0 aliphatic carbocycles. The van der Waals surface area contributed by atoms with Crippen LogP contribution in [0.25, 0.3) is 10.9 Å². The molecule has 0 aliphatic heterocycles. The Bertz CT molecular complexity index is 599. The number of allylic oxidation sites excluding steroid dienone is 1. The zero-order valence-corrected chi connectivity index (χ0v) is 13.2. The molecule has 2 heteroatoms. The summed E-state index contributed by atoms with van der Waals surface area (Å²) in [5.41, 5.74) is 4.02. The van der Waals surface area contributed by atoms with Crippen LogP contribution in [-0.4, -0.2) is 10.1 Å². The molecule has 0 saturated carbocycles. The van der Waals surface area contributed by atoms with E-state index >= 15 is 0 Å². The quantitative estimate of drug-likeness (QED) is 0.792. The molecule has 0 radical (unpaired) electrons. The summed E-state index contributed by atoms with van der Waals surface area (Å²) < 4.78 is 2.39.